The third-order valence-corrected chi connectivity index (χ3v) is 7.12. The Morgan fingerprint density at radius 3 is 2.43 bits per heavy atom. The second-order valence-corrected chi connectivity index (χ2v) is 9.18. The van der Waals surface area contributed by atoms with E-state index in [1.807, 2.05) is 30.3 Å². The Morgan fingerprint density at radius 2 is 1.86 bits per heavy atom. The molecule has 0 aliphatic rings. The van der Waals surface area contributed by atoms with Gasteiger partial charge in [0.1, 0.15) is 4.21 Å². The molecule has 0 saturated carbocycles. The van der Waals surface area contributed by atoms with Crippen molar-refractivity contribution in [3.05, 3.63) is 36.4 Å². The third kappa shape index (κ3) is 4.00. The summed E-state index contributed by atoms with van der Waals surface area (Å²) in [6, 6.07) is 11.0. The molecule has 0 spiro atoms. The van der Waals surface area contributed by atoms with Crippen LogP contribution in [-0.2, 0) is 10.0 Å². The van der Waals surface area contributed by atoms with Crippen LogP contribution in [0.15, 0.2) is 54.7 Å². The number of thiophene rings is 1. The highest BCUT2D eigenvalue weighted by Crippen LogP contribution is 2.36. The summed E-state index contributed by atoms with van der Waals surface area (Å²) in [6.07, 6.45) is 0. The molecule has 0 fully saturated rings. The van der Waals surface area contributed by atoms with Crippen molar-refractivity contribution in [2.45, 2.75) is 13.3 Å². The van der Waals surface area contributed by atoms with Gasteiger partial charge in [0.15, 0.2) is 0 Å². The fourth-order valence-corrected chi connectivity index (χ4v) is 5.27. The van der Waals surface area contributed by atoms with Gasteiger partial charge >= 0.3 is 0 Å². The van der Waals surface area contributed by atoms with Crippen LogP contribution in [0, 0.1) is 0 Å². The third-order valence-electron chi connectivity index (χ3n) is 2.52. The zero-order chi connectivity index (χ0) is 15.5. The lowest BCUT2D eigenvalue weighted by Gasteiger charge is -2.08. The van der Waals surface area contributed by atoms with Crippen LogP contribution in [0.1, 0.15) is 0 Å². The van der Waals surface area contributed by atoms with Crippen LogP contribution in [0.2, 0.25) is 0 Å². The number of nitrogens with zero attached hydrogens (tertiary/aromatic N) is 2. The van der Waals surface area contributed by atoms with Gasteiger partial charge in [0.05, 0.1) is 15.1 Å². The first-order chi connectivity index (χ1) is 9.93. The zero-order valence-electron chi connectivity index (χ0n) is 11.3. The SMILES string of the molecule is CN(C)S(=O)(=O)c1ccc(Sc2ccc(N=C=S)cc2)s1. The Morgan fingerprint density at radius 1 is 1.19 bits per heavy atom. The molecule has 0 N–H and O–H groups in total. The molecule has 1 aromatic heterocycles. The summed E-state index contributed by atoms with van der Waals surface area (Å²) in [7, 11) is -0.309. The van der Waals surface area contributed by atoms with Crippen molar-refractivity contribution in [3.63, 3.8) is 0 Å². The Bertz CT molecular complexity index is 773. The Labute approximate surface area is 137 Å². The molecule has 2 aromatic rings. The Kier molecular flexibility index (Phi) is 5.32. The van der Waals surface area contributed by atoms with E-state index in [2.05, 4.69) is 22.4 Å². The molecule has 8 heteroatoms. The molecule has 0 atom stereocenters. The summed E-state index contributed by atoms with van der Waals surface area (Å²) < 4.78 is 26.5. The van der Waals surface area contributed by atoms with Gasteiger partial charge in [-0.3, -0.25) is 0 Å². The molecule has 0 aliphatic carbocycles. The van der Waals surface area contributed by atoms with Gasteiger partial charge in [0, 0.05) is 19.0 Å². The van der Waals surface area contributed by atoms with Gasteiger partial charge in [-0.2, -0.15) is 4.99 Å². The van der Waals surface area contributed by atoms with Crippen molar-refractivity contribution in [2.24, 2.45) is 4.99 Å². The van der Waals surface area contributed by atoms with Crippen molar-refractivity contribution in [1.82, 2.24) is 4.31 Å². The Balaban J connectivity index is 2.18. The monoisotopic (exact) mass is 356 g/mol. The molecule has 4 nitrogen and oxygen atoms in total. The standard InChI is InChI=1S/C13H12N2O2S4/c1-15(2)21(16,17)13-8-7-12(20-13)19-11-5-3-10(4-6-11)14-9-18/h3-8H,1-2H3. The number of benzene rings is 1. The summed E-state index contributed by atoms with van der Waals surface area (Å²) in [5.74, 6) is 0. The van der Waals surface area contributed by atoms with Crippen LogP contribution in [0.4, 0.5) is 5.69 Å². The lowest BCUT2D eigenvalue weighted by atomic mass is 10.3. The van der Waals surface area contributed by atoms with Crippen molar-refractivity contribution < 1.29 is 8.42 Å². The van der Waals surface area contributed by atoms with Crippen molar-refractivity contribution in [3.8, 4) is 0 Å². The normalized spacial score (nSPS) is 11.4. The molecule has 110 valence electrons. The molecule has 0 unspecified atom stereocenters. The van der Waals surface area contributed by atoms with Gasteiger partial charge in [-0.1, -0.05) is 11.8 Å². The minimum Gasteiger partial charge on any atom is -0.206 e. The number of rotatable bonds is 5. The van der Waals surface area contributed by atoms with Crippen molar-refractivity contribution >= 4 is 56.2 Å². The number of sulfonamides is 1. The van der Waals surface area contributed by atoms with Gasteiger partial charge in [-0.25, -0.2) is 12.7 Å². The van der Waals surface area contributed by atoms with Crippen LogP contribution in [0.5, 0.6) is 0 Å². The van der Waals surface area contributed by atoms with E-state index in [9.17, 15) is 8.42 Å². The maximum absolute atomic E-state index is 12.0. The quantitative estimate of drug-likeness (QED) is 0.602. The fraction of sp³-hybridized carbons (Fsp3) is 0.154. The highest BCUT2D eigenvalue weighted by Gasteiger charge is 2.19. The highest BCUT2D eigenvalue weighted by atomic mass is 32.3. The first-order valence-electron chi connectivity index (χ1n) is 5.81. The van der Waals surface area contributed by atoms with E-state index in [1.54, 1.807) is 6.07 Å². The molecule has 21 heavy (non-hydrogen) atoms. The van der Waals surface area contributed by atoms with E-state index in [1.165, 1.54) is 41.5 Å². The summed E-state index contributed by atoms with van der Waals surface area (Å²) in [5, 5.41) is 2.32. The Hall–Kier alpha value is -1.02. The fourth-order valence-electron chi connectivity index (χ4n) is 1.43. The van der Waals surface area contributed by atoms with E-state index in [4.69, 9.17) is 0 Å². The first kappa shape index (κ1) is 16.4. The molecule has 2 rings (SSSR count). The lowest BCUT2D eigenvalue weighted by Crippen LogP contribution is -2.21. The van der Waals surface area contributed by atoms with E-state index >= 15 is 0 Å². The van der Waals surface area contributed by atoms with E-state index in [0.717, 1.165) is 14.8 Å². The number of hydrogen-bond acceptors (Lipinski definition) is 6. The van der Waals surface area contributed by atoms with E-state index in [-0.39, 0.29) is 0 Å². The maximum atomic E-state index is 12.0. The summed E-state index contributed by atoms with van der Waals surface area (Å²) >= 11 is 7.32. The summed E-state index contributed by atoms with van der Waals surface area (Å²) in [6.45, 7) is 0. The minimum absolute atomic E-state index is 0.344. The number of aliphatic imine (C=N–C) groups is 1. The molecule has 1 heterocycles. The van der Waals surface area contributed by atoms with Crippen LogP contribution in [-0.4, -0.2) is 32.0 Å². The largest absolute Gasteiger partial charge is 0.252 e. The van der Waals surface area contributed by atoms with Gasteiger partial charge in [-0.05, 0) is 48.6 Å². The zero-order valence-corrected chi connectivity index (χ0v) is 14.6. The highest BCUT2D eigenvalue weighted by molar-refractivity contribution is 8.01. The van der Waals surface area contributed by atoms with Crippen LogP contribution in [0.3, 0.4) is 0 Å². The predicted molar refractivity (Wildman–Crippen MR) is 90.4 cm³/mol. The number of isothiocyanates is 1. The second-order valence-electron chi connectivity index (χ2n) is 4.16. The van der Waals surface area contributed by atoms with Crippen molar-refractivity contribution in [1.29, 1.82) is 0 Å². The van der Waals surface area contributed by atoms with Gasteiger partial charge in [0.2, 0.25) is 0 Å². The molecule has 0 bridgehead atoms. The first-order valence-corrected chi connectivity index (χ1v) is 9.30. The van der Waals surface area contributed by atoms with Crippen LogP contribution >= 0.6 is 35.3 Å². The molecule has 0 aliphatic heterocycles. The average Bonchev–Trinajstić information content (AvgIpc) is 2.90. The molecule has 0 saturated heterocycles. The molecule has 0 radical (unpaired) electrons. The second kappa shape index (κ2) is 6.83. The van der Waals surface area contributed by atoms with Crippen molar-refractivity contribution in [2.75, 3.05) is 14.1 Å². The number of hydrogen-bond donors (Lipinski definition) is 0. The maximum Gasteiger partial charge on any atom is 0.252 e. The van der Waals surface area contributed by atoms with Gasteiger partial charge < -0.3 is 0 Å². The molecular formula is C13H12N2O2S4. The topological polar surface area (TPSA) is 49.7 Å². The lowest BCUT2D eigenvalue weighted by molar-refractivity contribution is 0.523. The van der Waals surface area contributed by atoms with Gasteiger partial charge in [-0.15, -0.1) is 11.3 Å². The molecular weight excluding hydrogens is 344 g/mol. The molecule has 1 aromatic carbocycles. The molecule has 0 amide bonds. The van der Waals surface area contributed by atoms with Gasteiger partial charge in [0.25, 0.3) is 10.0 Å². The smallest absolute Gasteiger partial charge is 0.206 e. The summed E-state index contributed by atoms with van der Waals surface area (Å²) in [5.41, 5.74) is 0.747. The average molecular weight is 357 g/mol. The minimum atomic E-state index is -3.36. The summed E-state index contributed by atoms with van der Waals surface area (Å²) in [4.78, 5) is 4.89. The predicted octanol–water partition coefficient (Wildman–Crippen LogP) is 3.88. The van der Waals surface area contributed by atoms with E-state index < -0.39 is 10.0 Å². The van der Waals surface area contributed by atoms with E-state index in [0.29, 0.717) is 4.21 Å². The van der Waals surface area contributed by atoms with Crippen LogP contribution < -0.4 is 0 Å². The van der Waals surface area contributed by atoms with Crippen LogP contribution in [0.25, 0.3) is 0 Å². The number of thiocarbonyl (C=S) groups is 1.